The van der Waals surface area contributed by atoms with E-state index in [-0.39, 0.29) is 29.7 Å². The molecule has 1 atom stereocenters. The van der Waals surface area contributed by atoms with Gasteiger partial charge in [0.15, 0.2) is 11.6 Å². The quantitative estimate of drug-likeness (QED) is 0.820. The van der Waals surface area contributed by atoms with Crippen molar-refractivity contribution < 1.29 is 18.4 Å². The van der Waals surface area contributed by atoms with Gasteiger partial charge in [-0.3, -0.25) is 14.4 Å². The Morgan fingerprint density at radius 2 is 2.08 bits per heavy atom. The number of amides is 3. The topological polar surface area (TPSA) is 70.5 Å². The molecule has 2 heterocycles. The van der Waals surface area contributed by atoms with Crippen molar-refractivity contribution in [2.75, 3.05) is 18.5 Å². The second-order valence-electron chi connectivity index (χ2n) is 5.89. The lowest BCUT2D eigenvalue weighted by Gasteiger charge is -2.17. The zero-order chi connectivity index (χ0) is 19.0. The molecule has 2 aromatic rings. The Morgan fingerprint density at radius 3 is 2.73 bits per heavy atom. The predicted molar refractivity (Wildman–Crippen MR) is 90.7 cm³/mol. The summed E-state index contributed by atoms with van der Waals surface area (Å²) in [6, 6.07) is 2.85. The molecule has 0 unspecified atom stereocenters. The van der Waals surface area contributed by atoms with Gasteiger partial charge in [0, 0.05) is 26.7 Å². The molecule has 1 aliphatic heterocycles. The number of likely N-dealkylation sites (N-methyl/N-ethyl adjacent to an activating group) is 1. The molecule has 26 heavy (non-hydrogen) atoms. The maximum absolute atomic E-state index is 13.5. The van der Waals surface area contributed by atoms with Crippen LogP contribution in [-0.4, -0.2) is 46.3 Å². The first-order chi connectivity index (χ1) is 12.3. The number of rotatable bonds is 4. The van der Waals surface area contributed by atoms with E-state index >= 15 is 0 Å². The van der Waals surface area contributed by atoms with Gasteiger partial charge in [0.05, 0.1) is 17.8 Å². The van der Waals surface area contributed by atoms with Crippen LogP contribution >= 0.6 is 11.6 Å². The lowest BCUT2D eigenvalue weighted by molar-refractivity contribution is -0.124. The number of carbonyl (C=O) groups excluding carboxylic acids is 2. The van der Waals surface area contributed by atoms with Gasteiger partial charge in [0.2, 0.25) is 5.91 Å². The summed E-state index contributed by atoms with van der Waals surface area (Å²) in [4.78, 5) is 27.6. The second kappa shape index (κ2) is 6.91. The fraction of sp³-hybridized carbons (Fsp3) is 0.312. The summed E-state index contributed by atoms with van der Waals surface area (Å²) >= 11 is 5.75. The van der Waals surface area contributed by atoms with Crippen molar-refractivity contribution in [1.82, 2.24) is 20.0 Å². The van der Waals surface area contributed by atoms with Crippen molar-refractivity contribution in [3.05, 3.63) is 46.6 Å². The molecule has 3 amide bonds. The Kier molecular flexibility index (Phi) is 4.82. The van der Waals surface area contributed by atoms with Gasteiger partial charge in [-0.05, 0) is 11.6 Å². The monoisotopic (exact) mass is 383 g/mol. The molecular formula is C16H16ClF2N5O2. The molecule has 10 heteroatoms. The van der Waals surface area contributed by atoms with E-state index in [2.05, 4.69) is 10.4 Å². The number of urea groups is 1. The first-order valence-electron chi connectivity index (χ1n) is 7.73. The highest BCUT2D eigenvalue weighted by Gasteiger charge is 2.40. The Balaban J connectivity index is 1.70. The van der Waals surface area contributed by atoms with Crippen molar-refractivity contribution in [2.24, 2.45) is 7.05 Å². The van der Waals surface area contributed by atoms with Gasteiger partial charge < -0.3 is 10.2 Å². The highest BCUT2D eigenvalue weighted by molar-refractivity contribution is 6.31. The molecule has 1 aromatic heterocycles. The van der Waals surface area contributed by atoms with Crippen molar-refractivity contribution >= 4 is 29.4 Å². The Hall–Kier alpha value is -2.68. The summed E-state index contributed by atoms with van der Waals surface area (Å²) in [6.45, 7) is 0.0608. The fourth-order valence-electron chi connectivity index (χ4n) is 2.78. The van der Waals surface area contributed by atoms with Crippen LogP contribution in [0.25, 0.3) is 0 Å². The molecule has 1 aliphatic rings. The maximum atomic E-state index is 13.5. The van der Waals surface area contributed by atoms with Gasteiger partial charge in [-0.15, -0.1) is 0 Å². The SMILES string of the molecule is CN1C(=O)N(c2ccnn2C)C[C@H]1C(=O)NCc1ccc(F)c(F)c1Cl. The molecule has 1 aromatic carbocycles. The summed E-state index contributed by atoms with van der Waals surface area (Å²) in [5.41, 5.74) is 0.245. The van der Waals surface area contributed by atoms with E-state index in [4.69, 9.17) is 11.6 Å². The van der Waals surface area contributed by atoms with E-state index in [9.17, 15) is 18.4 Å². The summed E-state index contributed by atoms with van der Waals surface area (Å²) in [5, 5.41) is 6.24. The number of hydrogen-bond donors (Lipinski definition) is 1. The van der Waals surface area contributed by atoms with Crippen molar-refractivity contribution in [2.45, 2.75) is 12.6 Å². The van der Waals surface area contributed by atoms with E-state index in [1.54, 1.807) is 19.3 Å². The fourth-order valence-corrected chi connectivity index (χ4v) is 3.00. The maximum Gasteiger partial charge on any atom is 0.326 e. The number of aryl methyl sites for hydroxylation is 1. The van der Waals surface area contributed by atoms with Gasteiger partial charge >= 0.3 is 6.03 Å². The number of anilines is 1. The lowest BCUT2D eigenvalue weighted by Crippen LogP contribution is -2.43. The summed E-state index contributed by atoms with van der Waals surface area (Å²) in [7, 11) is 3.22. The first-order valence-corrected chi connectivity index (χ1v) is 8.11. The van der Waals surface area contributed by atoms with E-state index in [1.807, 2.05) is 0 Å². The van der Waals surface area contributed by atoms with Crippen LogP contribution in [0.5, 0.6) is 0 Å². The number of carbonyl (C=O) groups is 2. The Bertz CT molecular complexity index is 872. The molecule has 1 fully saturated rings. The molecule has 0 bridgehead atoms. The van der Waals surface area contributed by atoms with E-state index in [1.165, 1.54) is 27.6 Å². The van der Waals surface area contributed by atoms with Gasteiger partial charge in [-0.2, -0.15) is 5.10 Å². The highest BCUT2D eigenvalue weighted by Crippen LogP contribution is 2.24. The third-order valence-corrected chi connectivity index (χ3v) is 4.71. The Morgan fingerprint density at radius 1 is 1.35 bits per heavy atom. The first kappa shape index (κ1) is 18.1. The minimum Gasteiger partial charge on any atom is -0.350 e. The zero-order valence-electron chi connectivity index (χ0n) is 14.0. The van der Waals surface area contributed by atoms with Gasteiger partial charge in [-0.1, -0.05) is 17.7 Å². The molecule has 0 aliphatic carbocycles. The van der Waals surface area contributed by atoms with E-state index in [0.29, 0.717) is 5.82 Å². The molecule has 1 N–H and O–H groups in total. The smallest absolute Gasteiger partial charge is 0.326 e. The summed E-state index contributed by atoms with van der Waals surface area (Å²) in [6.07, 6.45) is 1.56. The Labute approximate surface area is 153 Å². The predicted octanol–water partition coefficient (Wildman–Crippen LogP) is 1.91. The number of nitrogens with one attached hydrogen (secondary N) is 1. The molecule has 3 rings (SSSR count). The van der Waals surface area contributed by atoms with Crippen LogP contribution in [0.15, 0.2) is 24.4 Å². The van der Waals surface area contributed by atoms with Crippen LogP contribution in [0.2, 0.25) is 5.02 Å². The minimum atomic E-state index is -1.16. The summed E-state index contributed by atoms with van der Waals surface area (Å²) < 4.78 is 28.1. The zero-order valence-corrected chi connectivity index (χ0v) is 14.8. The molecular weight excluding hydrogens is 368 g/mol. The van der Waals surface area contributed by atoms with Crippen LogP contribution in [0.3, 0.4) is 0 Å². The minimum absolute atomic E-state index is 0.0842. The number of aromatic nitrogens is 2. The third-order valence-electron chi connectivity index (χ3n) is 4.30. The van der Waals surface area contributed by atoms with Crippen molar-refractivity contribution in [3.8, 4) is 0 Å². The van der Waals surface area contributed by atoms with E-state index in [0.717, 1.165) is 6.07 Å². The van der Waals surface area contributed by atoms with Gasteiger partial charge in [0.1, 0.15) is 11.9 Å². The normalized spacial score (nSPS) is 17.1. The van der Waals surface area contributed by atoms with Crippen LogP contribution in [0.4, 0.5) is 19.4 Å². The average molecular weight is 384 g/mol. The van der Waals surface area contributed by atoms with Crippen LogP contribution in [0, 0.1) is 11.6 Å². The van der Waals surface area contributed by atoms with Crippen LogP contribution < -0.4 is 10.2 Å². The molecule has 0 radical (unpaired) electrons. The third kappa shape index (κ3) is 3.10. The number of hydrogen-bond acceptors (Lipinski definition) is 3. The lowest BCUT2D eigenvalue weighted by atomic mass is 10.2. The molecule has 0 saturated carbocycles. The van der Waals surface area contributed by atoms with Gasteiger partial charge in [0.25, 0.3) is 0 Å². The largest absolute Gasteiger partial charge is 0.350 e. The standard InChI is InChI=1S/C16H16ClF2N5O2/c1-22-11(8-24(16(22)26)12-5-6-21-23(12)2)15(25)20-7-9-3-4-10(18)14(19)13(9)17/h3-6,11H,7-8H2,1-2H3,(H,20,25)/t11-/m0/s1. The number of halogens is 3. The second-order valence-corrected chi connectivity index (χ2v) is 6.26. The molecule has 7 nitrogen and oxygen atoms in total. The highest BCUT2D eigenvalue weighted by atomic mass is 35.5. The molecule has 0 spiro atoms. The average Bonchev–Trinajstić information content (AvgIpc) is 3.16. The van der Waals surface area contributed by atoms with E-state index < -0.39 is 23.6 Å². The van der Waals surface area contributed by atoms with Crippen molar-refractivity contribution in [1.29, 1.82) is 0 Å². The number of nitrogens with zero attached hydrogens (tertiary/aromatic N) is 4. The molecule has 138 valence electrons. The number of benzene rings is 1. The van der Waals surface area contributed by atoms with Gasteiger partial charge in [-0.25, -0.2) is 13.6 Å². The summed E-state index contributed by atoms with van der Waals surface area (Å²) in [5.74, 6) is -2.07. The van der Waals surface area contributed by atoms with Crippen molar-refractivity contribution in [3.63, 3.8) is 0 Å². The van der Waals surface area contributed by atoms with Crippen LogP contribution in [-0.2, 0) is 18.4 Å². The molecule has 1 saturated heterocycles. The van der Waals surface area contributed by atoms with Crippen LogP contribution in [0.1, 0.15) is 5.56 Å².